The Hall–Kier alpha value is -0.680. The molecule has 0 fully saturated rings. The van der Waals surface area contributed by atoms with Crippen LogP contribution in [0.3, 0.4) is 0 Å². The second-order valence-corrected chi connectivity index (χ2v) is 7.53. The quantitative estimate of drug-likeness (QED) is 0.873. The molecule has 4 heteroatoms. The van der Waals surface area contributed by atoms with Gasteiger partial charge >= 0.3 is 0 Å². The molecule has 0 saturated heterocycles. The Morgan fingerprint density at radius 1 is 1.33 bits per heavy atom. The van der Waals surface area contributed by atoms with Crippen molar-refractivity contribution in [1.82, 2.24) is 4.90 Å². The largest absolute Gasteiger partial charge is 0.326 e. The van der Waals surface area contributed by atoms with E-state index < -0.39 is 0 Å². The molecule has 1 aliphatic rings. The van der Waals surface area contributed by atoms with Crippen molar-refractivity contribution in [3.05, 3.63) is 56.2 Å². The van der Waals surface area contributed by atoms with E-state index in [0.29, 0.717) is 6.04 Å². The molecule has 2 aromatic rings. The van der Waals surface area contributed by atoms with Gasteiger partial charge in [-0.25, -0.2) is 0 Å². The fraction of sp³-hybridized carbons (Fsp3) is 0.412. The molecule has 2 heterocycles. The lowest BCUT2D eigenvalue weighted by atomic mass is 9.95. The smallest absolute Gasteiger partial charge is 0.0596 e. The van der Waals surface area contributed by atoms with E-state index in [-0.39, 0.29) is 6.04 Å². The van der Waals surface area contributed by atoms with Crippen LogP contribution in [0.4, 0.5) is 0 Å². The molecule has 1 aromatic carbocycles. The average Bonchev–Trinajstić information content (AvgIpc) is 2.93. The molecule has 3 rings (SSSR count). The highest BCUT2D eigenvalue weighted by atomic mass is 79.9. The number of halogens is 1. The predicted molar refractivity (Wildman–Crippen MR) is 93.6 cm³/mol. The van der Waals surface area contributed by atoms with Crippen LogP contribution in [0.15, 0.2) is 40.2 Å². The molecule has 2 atom stereocenters. The first-order valence-electron chi connectivity index (χ1n) is 7.49. The highest BCUT2D eigenvalue weighted by Gasteiger charge is 2.29. The van der Waals surface area contributed by atoms with Gasteiger partial charge in [-0.3, -0.25) is 4.90 Å². The van der Waals surface area contributed by atoms with E-state index in [2.05, 4.69) is 63.5 Å². The van der Waals surface area contributed by atoms with Gasteiger partial charge in [-0.05, 0) is 46.0 Å². The summed E-state index contributed by atoms with van der Waals surface area (Å²) in [7, 11) is 0. The third-order valence-corrected chi connectivity index (χ3v) is 6.07. The van der Waals surface area contributed by atoms with Gasteiger partial charge < -0.3 is 5.73 Å². The van der Waals surface area contributed by atoms with Crippen LogP contribution in [0.1, 0.15) is 35.4 Å². The zero-order valence-corrected chi connectivity index (χ0v) is 14.7. The number of benzene rings is 1. The van der Waals surface area contributed by atoms with Crippen LogP contribution in [0.2, 0.25) is 0 Å². The lowest BCUT2D eigenvalue weighted by Crippen LogP contribution is -2.42. The van der Waals surface area contributed by atoms with Crippen molar-refractivity contribution in [2.45, 2.75) is 38.4 Å². The second kappa shape index (κ2) is 6.61. The van der Waals surface area contributed by atoms with Crippen molar-refractivity contribution in [2.24, 2.45) is 5.73 Å². The maximum atomic E-state index is 6.46. The first kappa shape index (κ1) is 15.2. The number of thiophene rings is 1. The van der Waals surface area contributed by atoms with Crippen LogP contribution >= 0.6 is 27.3 Å². The number of nitrogens with zero attached hydrogens (tertiary/aromatic N) is 1. The molecule has 21 heavy (non-hydrogen) atoms. The fourth-order valence-electron chi connectivity index (χ4n) is 3.12. The Balaban J connectivity index is 1.88. The van der Waals surface area contributed by atoms with Gasteiger partial charge in [0.15, 0.2) is 0 Å². The number of hydrogen-bond donors (Lipinski definition) is 1. The SMILES string of the molecule is CCC(N)C(c1cc(Br)cs1)N1CCc2ccccc2C1. The van der Waals surface area contributed by atoms with E-state index in [1.165, 1.54) is 16.0 Å². The van der Waals surface area contributed by atoms with Gasteiger partial charge in [-0.15, -0.1) is 11.3 Å². The van der Waals surface area contributed by atoms with Crippen LogP contribution in [0, 0.1) is 0 Å². The third-order valence-electron chi connectivity index (χ3n) is 4.31. The molecule has 0 radical (unpaired) electrons. The number of hydrogen-bond acceptors (Lipinski definition) is 3. The summed E-state index contributed by atoms with van der Waals surface area (Å²) < 4.78 is 1.16. The van der Waals surface area contributed by atoms with Crippen molar-refractivity contribution in [2.75, 3.05) is 6.54 Å². The average molecular weight is 365 g/mol. The zero-order valence-electron chi connectivity index (χ0n) is 12.3. The molecule has 0 saturated carbocycles. The monoisotopic (exact) mass is 364 g/mol. The van der Waals surface area contributed by atoms with Gasteiger partial charge in [0.2, 0.25) is 0 Å². The lowest BCUT2D eigenvalue weighted by molar-refractivity contribution is 0.155. The van der Waals surface area contributed by atoms with E-state index in [1.54, 1.807) is 0 Å². The summed E-state index contributed by atoms with van der Waals surface area (Å²) in [4.78, 5) is 3.92. The Morgan fingerprint density at radius 3 is 2.76 bits per heavy atom. The van der Waals surface area contributed by atoms with Crippen LogP contribution in [0.25, 0.3) is 0 Å². The molecule has 0 amide bonds. The van der Waals surface area contributed by atoms with Crippen molar-refractivity contribution < 1.29 is 0 Å². The normalized spacial score (nSPS) is 18.2. The van der Waals surface area contributed by atoms with Gasteiger partial charge in [0, 0.05) is 33.9 Å². The van der Waals surface area contributed by atoms with E-state index in [0.717, 1.165) is 30.4 Å². The van der Waals surface area contributed by atoms with E-state index in [9.17, 15) is 0 Å². The number of nitrogens with two attached hydrogens (primary N) is 1. The molecule has 0 aliphatic carbocycles. The van der Waals surface area contributed by atoms with Gasteiger partial charge in [-0.1, -0.05) is 31.2 Å². The van der Waals surface area contributed by atoms with Crippen molar-refractivity contribution in [3.8, 4) is 0 Å². The number of rotatable bonds is 4. The zero-order chi connectivity index (χ0) is 14.8. The Labute approximate surface area is 139 Å². The van der Waals surface area contributed by atoms with Gasteiger partial charge in [0.1, 0.15) is 0 Å². The molecule has 2 unspecified atom stereocenters. The van der Waals surface area contributed by atoms with Crippen molar-refractivity contribution >= 4 is 27.3 Å². The molecular weight excluding hydrogens is 344 g/mol. The molecule has 1 aromatic heterocycles. The minimum absolute atomic E-state index is 0.181. The van der Waals surface area contributed by atoms with Crippen LogP contribution in [-0.2, 0) is 13.0 Å². The summed E-state index contributed by atoms with van der Waals surface area (Å²) in [5.74, 6) is 0. The van der Waals surface area contributed by atoms with Crippen LogP contribution in [-0.4, -0.2) is 17.5 Å². The Kier molecular flexibility index (Phi) is 4.79. The molecular formula is C17H21BrN2S. The lowest BCUT2D eigenvalue weighted by Gasteiger charge is -2.38. The van der Waals surface area contributed by atoms with Gasteiger partial charge in [-0.2, -0.15) is 0 Å². The predicted octanol–water partition coefficient (Wildman–Crippen LogP) is 4.35. The summed E-state index contributed by atoms with van der Waals surface area (Å²) in [6.45, 7) is 4.27. The maximum Gasteiger partial charge on any atom is 0.0596 e. The Morgan fingerprint density at radius 2 is 2.10 bits per heavy atom. The van der Waals surface area contributed by atoms with E-state index >= 15 is 0 Å². The van der Waals surface area contributed by atoms with Crippen molar-refractivity contribution in [1.29, 1.82) is 0 Å². The summed E-state index contributed by atoms with van der Waals surface area (Å²) in [5.41, 5.74) is 9.40. The highest BCUT2D eigenvalue weighted by Crippen LogP contribution is 2.35. The first-order valence-corrected chi connectivity index (χ1v) is 9.16. The first-order chi connectivity index (χ1) is 10.2. The van der Waals surface area contributed by atoms with Crippen LogP contribution in [0.5, 0.6) is 0 Å². The van der Waals surface area contributed by atoms with E-state index in [4.69, 9.17) is 5.73 Å². The van der Waals surface area contributed by atoms with Crippen LogP contribution < -0.4 is 5.73 Å². The minimum Gasteiger partial charge on any atom is -0.326 e. The topological polar surface area (TPSA) is 29.3 Å². The molecule has 0 spiro atoms. The van der Waals surface area contributed by atoms with Crippen molar-refractivity contribution in [3.63, 3.8) is 0 Å². The third kappa shape index (κ3) is 3.24. The molecule has 0 bridgehead atoms. The maximum absolute atomic E-state index is 6.46. The minimum atomic E-state index is 0.181. The van der Waals surface area contributed by atoms with Gasteiger partial charge in [0.25, 0.3) is 0 Å². The standard InChI is InChI=1S/C17H21BrN2S/c1-2-15(19)17(16-9-14(18)11-21-16)20-8-7-12-5-3-4-6-13(12)10-20/h3-6,9,11,15,17H,2,7-8,10,19H2,1H3. The summed E-state index contributed by atoms with van der Waals surface area (Å²) in [6.07, 6.45) is 2.12. The molecule has 2 nitrogen and oxygen atoms in total. The summed E-state index contributed by atoms with van der Waals surface area (Å²) in [5, 5.41) is 2.16. The molecule has 2 N–H and O–H groups in total. The highest BCUT2D eigenvalue weighted by molar-refractivity contribution is 9.10. The van der Waals surface area contributed by atoms with Gasteiger partial charge in [0.05, 0.1) is 6.04 Å². The fourth-order valence-corrected chi connectivity index (χ4v) is 4.78. The summed E-state index contributed by atoms with van der Waals surface area (Å²) >= 11 is 5.38. The number of fused-ring (bicyclic) bond motifs is 1. The Bertz CT molecular complexity index is 610. The molecule has 1 aliphatic heterocycles. The van der Waals surface area contributed by atoms with E-state index in [1.807, 2.05) is 11.3 Å². The molecule has 112 valence electrons. The summed E-state index contributed by atoms with van der Waals surface area (Å²) in [6, 6.07) is 11.5. The second-order valence-electron chi connectivity index (χ2n) is 5.67.